The highest BCUT2D eigenvalue weighted by Crippen LogP contribution is 2.34. The van der Waals surface area contributed by atoms with E-state index in [1.54, 1.807) is 19.2 Å². The first-order chi connectivity index (χ1) is 22.4. The Morgan fingerprint density at radius 2 is 1.96 bits per heavy atom. The molecule has 0 fully saturated rings. The van der Waals surface area contributed by atoms with E-state index in [1.807, 2.05) is 42.2 Å². The third-order valence-electron chi connectivity index (χ3n) is 6.86. The number of carbonyl (C=O) groups is 1. The Labute approximate surface area is 274 Å². The molecule has 0 aliphatic carbocycles. The van der Waals surface area contributed by atoms with Crippen molar-refractivity contribution in [1.29, 1.82) is 0 Å². The summed E-state index contributed by atoms with van der Waals surface area (Å²) in [6, 6.07) is 14.4. The number of aromatic carboxylic acids is 1. The number of nitrogens with one attached hydrogen (secondary N) is 2. The molecular weight excluding hydrogens is 626 g/mol. The summed E-state index contributed by atoms with van der Waals surface area (Å²) in [7, 11) is 1.79. The molecule has 0 aliphatic rings. The van der Waals surface area contributed by atoms with Gasteiger partial charge in [-0.05, 0) is 75.2 Å². The SMILES string of the molecule is CCCCN(c1cc(C)c(Nc2nc3ccccc3s2)nn1)c1nc(C(=O)O)c(CCCOc2ccc(C#CCNC)cc2F)s1. The van der Waals surface area contributed by atoms with Gasteiger partial charge in [0.2, 0.25) is 0 Å². The first-order valence-corrected chi connectivity index (χ1v) is 16.5. The zero-order valence-corrected chi connectivity index (χ0v) is 27.4. The lowest BCUT2D eigenvalue weighted by molar-refractivity contribution is 0.0690. The molecule has 46 heavy (non-hydrogen) atoms. The molecule has 0 bridgehead atoms. The third kappa shape index (κ3) is 8.14. The Morgan fingerprint density at radius 1 is 1.11 bits per heavy atom. The number of carboxylic acids is 1. The topological polar surface area (TPSA) is 125 Å². The van der Waals surface area contributed by atoms with E-state index in [0.29, 0.717) is 53.1 Å². The van der Waals surface area contributed by atoms with Gasteiger partial charge in [-0.15, -0.1) is 21.5 Å². The Kier molecular flexibility index (Phi) is 11.1. The molecule has 13 heteroatoms. The Bertz CT molecular complexity index is 1850. The summed E-state index contributed by atoms with van der Waals surface area (Å²) in [4.78, 5) is 23.8. The summed E-state index contributed by atoms with van der Waals surface area (Å²) in [5, 5.41) is 26.3. The highest BCUT2D eigenvalue weighted by atomic mass is 32.1. The molecular formula is C33H34FN7O3S2. The second-order valence-electron chi connectivity index (χ2n) is 10.4. The number of ether oxygens (including phenoxy) is 1. The van der Waals surface area contributed by atoms with Crippen molar-refractivity contribution in [3.63, 3.8) is 0 Å². The van der Waals surface area contributed by atoms with E-state index in [1.165, 1.54) is 28.7 Å². The number of unbranched alkanes of at least 4 members (excludes halogenated alkanes) is 1. The van der Waals surface area contributed by atoms with Crippen LogP contribution in [0.4, 0.5) is 26.3 Å². The second kappa shape index (κ2) is 15.6. The van der Waals surface area contributed by atoms with Gasteiger partial charge >= 0.3 is 5.97 Å². The summed E-state index contributed by atoms with van der Waals surface area (Å²) in [6.07, 6.45) is 2.67. The number of carboxylic acid groups (broad SMARTS) is 1. The number of halogens is 1. The average Bonchev–Trinajstić information content (AvgIpc) is 3.66. The number of nitrogens with zero attached hydrogens (tertiary/aromatic N) is 5. The van der Waals surface area contributed by atoms with Crippen molar-refractivity contribution in [2.45, 2.75) is 39.5 Å². The van der Waals surface area contributed by atoms with Crippen molar-refractivity contribution in [2.75, 3.05) is 37.0 Å². The molecule has 3 aromatic heterocycles. The van der Waals surface area contributed by atoms with Crippen LogP contribution in [0.3, 0.4) is 0 Å². The fraction of sp³-hybridized carbons (Fsp3) is 0.303. The van der Waals surface area contributed by atoms with Crippen molar-refractivity contribution in [3.8, 4) is 17.6 Å². The molecule has 0 spiro atoms. The van der Waals surface area contributed by atoms with E-state index < -0.39 is 11.8 Å². The molecule has 5 aromatic rings. The van der Waals surface area contributed by atoms with Gasteiger partial charge in [-0.3, -0.25) is 0 Å². The van der Waals surface area contributed by atoms with E-state index in [9.17, 15) is 14.3 Å². The zero-order valence-electron chi connectivity index (χ0n) is 25.8. The number of aryl methyl sites for hydroxylation is 2. The van der Waals surface area contributed by atoms with E-state index in [0.717, 1.165) is 33.8 Å². The Morgan fingerprint density at radius 3 is 2.70 bits per heavy atom. The minimum Gasteiger partial charge on any atom is -0.491 e. The second-order valence-corrected chi connectivity index (χ2v) is 12.4. The maximum absolute atomic E-state index is 14.5. The highest BCUT2D eigenvalue weighted by Gasteiger charge is 2.23. The number of hydrogen-bond acceptors (Lipinski definition) is 11. The van der Waals surface area contributed by atoms with Crippen LogP contribution in [-0.4, -0.2) is 58.0 Å². The minimum absolute atomic E-state index is 0.00372. The van der Waals surface area contributed by atoms with Gasteiger partial charge in [0.1, 0.15) is 0 Å². The lowest BCUT2D eigenvalue weighted by atomic mass is 10.2. The van der Waals surface area contributed by atoms with Crippen LogP contribution in [0.15, 0.2) is 48.5 Å². The van der Waals surface area contributed by atoms with Gasteiger partial charge in [0.05, 0.1) is 23.4 Å². The van der Waals surface area contributed by atoms with Crippen molar-refractivity contribution in [2.24, 2.45) is 0 Å². The summed E-state index contributed by atoms with van der Waals surface area (Å²) >= 11 is 2.85. The summed E-state index contributed by atoms with van der Waals surface area (Å²) in [6.45, 7) is 5.34. The fourth-order valence-corrected chi connectivity index (χ4v) is 6.51. The number of thiazole rings is 2. The molecule has 0 atom stereocenters. The Balaban J connectivity index is 1.28. The Hall–Kier alpha value is -4.64. The molecule has 0 aliphatic heterocycles. The molecule has 3 N–H and O–H groups in total. The van der Waals surface area contributed by atoms with Crippen LogP contribution in [0.2, 0.25) is 0 Å². The van der Waals surface area contributed by atoms with Crippen LogP contribution in [0.1, 0.15) is 52.7 Å². The first kappa shape index (κ1) is 32.7. The van der Waals surface area contributed by atoms with Crippen LogP contribution in [0, 0.1) is 24.6 Å². The number of fused-ring (bicyclic) bond motifs is 1. The minimum atomic E-state index is -1.10. The van der Waals surface area contributed by atoms with Crippen molar-refractivity contribution in [3.05, 3.63) is 76.0 Å². The van der Waals surface area contributed by atoms with Crippen LogP contribution < -0.4 is 20.3 Å². The normalized spacial score (nSPS) is 10.9. The number of aromatic nitrogens is 4. The van der Waals surface area contributed by atoms with Gasteiger partial charge in [0.25, 0.3) is 0 Å². The molecule has 0 saturated carbocycles. The maximum atomic E-state index is 14.5. The van der Waals surface area contributed by atoms with Crippen molar-refractivity contribution >= 4 is 60.8 Å². The standard InChI is InChI=1S/C33H34FN7O3S2/c1-4-5-17-41(28-19-21(2)30(40-39-28)38-32-36-24-11-6-7-12-26(24)45-32)33-37-29(31(42)43)27(46-33)13-9-18-44-25-15-14-22(20-23(25)34)10-8-16-35-3/h6-7,11-12,14-15,19-20,35H,4-5,9,13,16-18H2,1-3H3,(H,42,43)(H,36,38,40). The molecule has 0 saturated heterocycles. The lowest BCUT2D eigenvalue weighted by Gasteiger charge is -2.21. The maximum Gasteiger partial charge on any atom is 0.355 e. The van der Waals surface area contributed by atoms with Gasteiger partial charge in [0.15, 0.2) is 39.2 Å². The number of benzene rings is 2. The predicted octanol–water partition coefficient (Wildman–Crippen LogP) is 6.95. The number of anilines is 4. The van der Waals surface area contributed by atoms with Gasteiger partial charge in [0, 0.05) is 17.0 Å². The number of para-hydroxylation sites is 1. The van der Waals surface area contributed by atoms with Gasteiger partial charge in [-0.2, -0.15) is 0 Å². The van der Waals surface area contributed by atoms with E-state index >= 15 is 0 Å². The molecule has 0 radical (unpaired) electrons. The molecule has 5 rings (SSSR count). The van der Waals surface area contributed by atoms with Crippen LogP contribution >= 0.6 is 22.7 Å². The highest BCUT2D eigenvalue weighted by molar-refractivity contribution is 7.22. The molecule has 2 aromatic carbocycles. The molecule has 0 amide bonds. The molecule has 0 unspecified atom stereocenters. The van der Waals surface area contributed by atoms with Crippen LogP contribution in [0.5, 0.6) is 5.75 Å². The summed E-state index contributed by atoms with van der Waals surface area (Å²) in [5.74, 6) is 5.49. The van der Waals surface area contributed by atoms with Gasteiger partial charge in [-0.25, -0.2) is 19.2 Å². The van der Waals surface area contributed by atoms with Crippen LogP contribution in [-0.2, 0) is 6.42 Å². The lowest BCUT2D eigenvalue weighted by Crippen LogP contribution is -2.20. The third-order valence-corrected chi connectivity index (χ3v) is 8.95. The molecule has 10 nitrogen and oxygen atoms in total. The first-order valence-electron chi connectivity index (χ1n) is 14.9. The summed E-state index contributed by atoms with van der Waals surface area (Å²) in [5.41, 5.74) is 2.34. The molecule has 3 heterocycles. The van der Waals surface area contributed by atoms with Crippen molar-refractivity contribution in [1.82, 2.24) is 25.5 Å². The average molecular weight is 660 g/mol. The zero-order chi connectivity index (χ0) is 32.5. The van der Waals surface area contributed by atoms with Gasteiger partial charge < -0.3 is 25.4 Å². The van der Waals surface area contributed by atoms with E-state index in [-0.39, 0.29) is 18.1 Å². The smallest absolute Gasteiger partial charge is 0.355 e. The van der Waals surface area contributed by atoms with Crippen molar-refractivity contribution < 1.29 is 19.0 Å². The molecule has 238 valence electrons. The fourth-order valence-electron chi connectivity index (χ4n) is 4.51. The van der Waals surface area contributed by atoms with Crippen LogP contribution in [0.25, 0.3) is 10.2 Å². The van der Waals surface area contributed by atoms with E-state index in [2.05, 4.69) is 49.6 Å². The van der Waals surface area contributed by atoms with Gasteiger partial charge in [-0.1, -0.05) is 48.7 Å². The predicted molar refractivity (Wildman–Crippen MR) is 182 cm³/mol. The largest absolute Gasteiger partial charge is 0.491 e. The number of hydrogen-bond donors (Lipinski definition) is 3. The van der Waals surface area contributed by atoms with E-state index in [4.69, 9.17) is 4.74 Å². The number of rotatable bonds is 14. The summed E-state index contributed by atoms with van der Waals surface area (Å²) < 4.78 is 21.3. The monoisotopic (exact) mass is 659 g/mol. The quantitative estimate of drug-likeness (QED) is 0.0852.